The molecule has 0 spiro atoms. The summed E-state index contributed by atoms with van der Waals surface area (Å²) < 4.78 is 6.01. The van der Waals surface area contributed by atoms with Crippen molar-refractivity contribution >= 4 is 17.5 Å². The number of nitrogens with one attached hydrogen (secondary N) is 1. The monoisotopic (exact) mass is 420 g/mol. The molecule has 1 heterocycles. The van der Waals surface area contributed by atoms with Crippen LogP contribution in [0, 0.1) is 5.41 Å². The molecule has 0 saturated heterocycles. The zero-order chi connectivity index (χ0) is 22.2. The molecule has 0 bridgehead atoms. The molecule has 0 aromatic heterocycles. The Kier molecular flexibility index (Phi) is 5.78. The normalized spacial score (nSPS) is 20.9. The van der Waals surface area contributed by atoms with Crippen LogP contribution in [0.25, 0.3) is 0 Å². The van der Waals surface area contributed by atoms with Crippen LogP contribution in [0.1, 0.15) is 69.7 Å². The van der Waals surface area contributed by atoms with Gasteiger partial charge in [0, 0.05) is 17.7 Å². The molecule has 31 heavy (non-hydrogen) atoms. The fourth-order valence-electron chi connectivity index (χ4n) is 4.63. The van der Waals surface area contributed by atoms with Crippen molar-refractivity contribution in [3.05, 3.63) is 59.2 Å². The summed E-state index contributed by atoms with van der Waals surface area (Å²) in [5.74, 6) is 0.710. The van der Waals surface area contributed by atoms with E-state index in [2.05, 4.69) is 29.6 Å². The van der Waals surface area contributed by atoms with Gasteiger partial charge in [0.1, 0.15) is 5.75 Å². The molecule has 2 atom stereocenters. The first-order valence-corrected chi connectivity index (χ1v) is 11.2. The molecule has 4 rings (SSSR count). The highest BCUT2D eigenvalue weighted by Crippen LogP contribution is 2.38. The maximum atomic E-state index is 13.3. The van der Waals surface area contributed by atoms with Gasteiger partial charge in [-0.3, -0.25) is 9.59 Å². The van der Waals surface area contributed by atoms with E-state index in [1.807, 2.05) is 50.8 Å². The van der Waals surface area contributed by atoms with Gasteiger partial charge in [0.2, 0.25) is 5.91 Å². The minimum Gasteiger partial charge on any atom is -0.481 e. The van der Waals surface area contributed by atoms with Crippen molar-refractivity contribution < 1.29 is 14.3 Å². The number of nitrogens with zero attached hydrogens (tertiary/aromatic N) is 1. The number of carbonyl (C=O) groups is 2. The molecule has 5 nitrogen and oxygen atoms in total. The lowest BCUT2D eigenvalue weighted by Gasteiger charge is -2.35. The van der Waals surface area contributed by atoms with Crippen LogP contribution < -0.4 is 10.1 Å². The summed E-state index contributed by atoms with van der Waals surface area (Å²) in [4.78, 5) is 27.7. The van der Waals surface area contributed by atoms with Gasteiger partial charge in [0.25, 0.3) is 5.91 Å². The van der Waals surface area contributed by atoms with Gasteiger partial charge in [0.05, 0.1) is 12.6 Å². The molecule has 1 aliphatic carbocycles. The number of amides is 2. The first-order chi connectivity index (χ1) is 14.7. The molecule has 2 amide bonds. The average molecular weight is 421 g/mol. The Bertz CT molecular complexity index is 992. The first-order valence-electron chi connectivity index (χ1n) is 11.2. The summed E-state index contributed by atoms with van der Waals surface area (Å²) in [5.41, 5.74) is 4.16. The predicted molar refractivity (Wildman–Crippen MR) is 122 cm³/mol. The van der Waals surface area contributed by atoms with E-state index in [0.717, 1.165) is 30.5 Å². The minimum atomic E-state index is -0.545. The lowest BCUT2D eigenvalue weighted by Crippen LogP contribution is -2.41. The third-order valence-corrected chi connectivity index (χ3v) is 6.02. The smallest absolute Gasteiger partial charge is 0.264 e. The van der Waals surface area contributed by atoms with Crippen LogP contribution in [0.5, 0.6) is 5.75 Å². The Morgan fingerprint density at radius 3 is 2.71 bits per heavy atom. The number of benzene rings is 2. The Labute approximate surface area is 184 Å². The van der Waals surface area contributed by atoms with Crippen LogP contribution in [0.15, 0.2) is 42.5 Å². The third kappa shape index (κ3) is 4.76. The third-order valence-electron chi connectivity index (χ3n) is 6.02. The van der Waals surface area contributed by atoms with Gasteiger partial charge in [-0.25, -0.2) is 0 Å². The van der Waals surface area contributed by atoms with Gasteiger partial charge < -0.3 is 15.0 Å². The molecule has 0 fully saturated rings. The zero-order valence-electron chi connectivity index (χ0n) is 18.9. The predicted octanol–water partition coefficient (Wildman–Crippen LogP) is 5.25. The van der Waals surface area contributed by atoms with Crippen molar-refractivity contribution in [1.82, 2.24) is 4.90 Å². The SMILES string of the molecule is CC1Oc2ccc(NC(=O)CC(C)(C)C)cc2CN(C2CCCc3ccccc32)C1=O. The second-order valence-electron chi connectivity index (χ2n) is 9.94. The lowest BCUT2D eigenvalue weighted by atomic mass is 9.86. The standard InChI is InChI=1S/C26H32N2O3/c1-17-25(30)28(22-11-7-9-18-8-5-6-10-21(18)22)16-19-14-20(12-13-23(19)31-17)27-24(29)15-26(2,3)4/h5-6,8,10,12-14,17,22H,7,9,11,15-16H2,1-4H3,(H,27,29). The fourth-order valence-corrected chi connectivity index (χ4v) is 4.63. The molecule has 1 aliphatic heterocycles. The molecule has 5 heteroatoms. The molecule has 2 aromatic rings. The van der Waals surface area contributed by atoms with E-state index in [9.17, 15) is 9.59 Å². The van der Waals surface area contributed by atoms with E-state index in [0.29, 0.717) is 18.7 Å². The molecule has 164 valence electrons. The number of hydrogen-bond donors (Lipinski definition) is 1. The van der Waals surface area contributed by atoms with Gasteiger partial charge in [0.15, 0.2) is 6.10 Å². The van der Waals surface area contributed by atoms with Crippen molar-refractivity contribution in [3.63, 3.8) is 0 Å². The number of ether oxygens (including phenoxy) is 1. The van der Waals surface area contributed by atoms with E-state index in [4.69, 9.17) is 4.74 Å². The van der Waals surface area contributed by atoms with Crippen molar-refractivity contribution in [2.75, 3.05) is 5.32 Å². The van der Waals surface area contributed by atoms with Crippen molar-refractivity contribution in [3.8, 4) is 5.75 Å². The van der Waals surface area contributed by atoms with Gasteiger partial charge in [-0.2, -0.15) is 0 Å². The van der Waals surface area contributed by atoms with Gasteiger partial charge in [-0.15, -0.1) is 0 Å². The molecule has 2 unspecified atom stereocenters. The Hall–Kier alpha value is -2.82. The van der Waals surface area contributed by atoms with E-state index in [1.54, 1.807) is 0 Å². The largest absolute Gasteiger partial charge is 0.481 e. The quantitative estimate of drug-likeness (QED) is 0.738. The summed E-state index contributed by atoms with van der Waals surface area (Å²) in [7, 11) is 0. The van der Waals surface area contributed by atoms with Crippen LogP contribution in [0.4, 0.5) is 5.69 Å². The van der Waals surface area contributed by atoms with Gasteiger partial charge in [-0.1, -0.05) is 45.0 Å². The van der Waals surface area contributed by atoms with Gasteiger partial charge in [-0.05, 0) is 60.9 Å². The Balaban J connectivity index is 1.62. The molecule has 0 saturated carbocycles. The highest BCUT2D eigenvalue weighted by atomic mass is 16.5. The van der Waals surface area contributed by atoms with E-state index >= 15 is 0 Å². The maximum absolute atomic E-state index is 13.3. The highest BCUT2D eigenvalue weighted by Gasteiger charge is 2.35. The molecule has 2 aliphatic rings. The molecule has 2 aromatic carbocycles. The van der Waals surface area contributed by atoms with E-state index < -0.39 is 6.10 Å². The number of hydrogen-bond acceptors (Lipinski definition) is 3. The van der Waals surface area contributed by atoms with Crippen LogP contribution in [-0.2, 0) is 22.6 Å². The fraction of sp³-hybridized carbons (Fsp3) is 0.462. The summed E-state index contributed by atoms with van der Waals surface area (Å²) in [6.45, 7) is 8.43. The van der Waals surface area contributed by atoms with Crippen LogP contribution >= 0.6 is 0 Å². The summed E-state index contributed by atoms with van der Waals surface area (Å²) >= 11 is 0. The number of carbonyl (C=O) groups excluding carboxylic acids is 2. The van der Waals surface area contributed by atoms with Gasteiger partial charge >= 0.3 is 0 Å². The number of fused-ring (bicyclic) bond motifs is 2. The van der Waals surface area contributed by atoms with Crippen LogP contribution in [-0.4, -0.2) is 22.8 Å². The molecule has 0 radical (unpaired) electrons. The van der Waals surface area contributed by atoms with E-state index in [1.165, 1.54) is 11.1 Å². The highest BCUT2D eigenvalue weighted by molar-refractivity contribution is 5.91. The van der Waals surface area contributed by atoms with Crippen LogP contribution in [0.3, 0.4) is 0 Å². The average Bonchev–Trinajstić information content (AvgIpc) is 2.82. The second kappa shape index (κ2) is 8.37. The summed E-state index contributed by atoms with van der Waals surface area (Å²) in [6.07, 6.45) is 2.97. The van der Waals surface area contributed by atoms with Crippen molar-refractivity contribution in [1.29, 1.82) is 0 Å². The maximum Gasteiger partial charge on any atom is 0.264 e. The first kappa shape index (κ1) is 21.4. The minimum absolute atomic E-state index is 0.00972. The number of aryl methyl sites for hydroxylation is 1. The molecular weight excluding hydrogens is 388 g/mol. The Morgan fingerprint density at radius 1 is 1.16 bits per heavy atom. The lowest BCUT2D eigenvalue weighted by molar-refractivity contribution is -0.140. The van der Waals surface area contributed by atoms with Crippen LogP contribution in [0.2, 0.25) is 0 Å². The van der Waals surface area contributed by atoms with Crippen molar-refractivity contribution in [2.24, 2.45) is 5.41 Å². The Morgan fingerprint density at radius 2 is 1.94 bits per heavy atom. The topological polar surface area (TPSA) is 58.6 Å². The molecular formula is C26H32N2O3. The summed E-state index contributed by atoms with van der Waals surface area (Å²) in [6, 6.07) is 14.1. The number of anilines is 1. The number of rotatable bonds is 3. The molecule has 1 N–H and O–H groups in total. The second-order valence-corrected chi connectivity index (χ2v) is 9.94. The van der Waals surface area contributed by atoms with E-state index in [-0.39, 0.29) is 23.3 Å². The zero-order valence-corrected chi connectivity index (χ0v) is 18.9. The van der Waals surface area contributed by atoms with Crippen molar-refractivity contribution in [2.45, 2.75) is 72.1 Å². The summed E-state index contributed by atoms with van der Waals surface area (Å²) in [5, 5.41) is 3.00.